The number of rotatable bonds is 7. The second-order valence-electron chi connectivity index (χ2n) is 7.93. The molecule has 6 nitrogen and oxygen atoms in total. The van der Waals surface area contributed by atoms with E-state index in [1.807, 2.05) is 24.4 Å². The number of carbonyl (C=O) groups is 1. The monoisotopic (exact) mass is 412 g/mol. The lowest BCUT2D eigenvalue weighted by Crippen LogP contribution is -2.31. The van der Waals surface area contributed by atoms with Crippen LogP contribution in [0.4, 0.5) is 0 Å². The van der Waals surface area contributed by atoms with Gasteiger partial charge in [0.05, 0.1) is 24.9 Å². The summed E-state index contributed by atoms with van der Waals surface area (Å²) in [5, 5.41) is 4.21. The van der Waals surface area contributed by atoms with Crippen LogP contribution in [-0.4, -0.2) is 39.2 Å². The summed E-state index contributed by atoms with van der Waals surface area (Å²) in [6.07, 6.45) is 5.41. The number of ether oxygens (including phenoxy) is 1. The molecule has 1 aliphatic heterocycles. The van der Waals surface area contributed by atoms with E-state index in [0.717, 1.165) is 5.69 Å². The largest absolute Gasteiger partial charge is 0.469 e. The van der Waals surface area contributed by atoms with Crippen molar-refractivity contribution in [1.82, 2.24) is 19.8 Å². The summed E-state index contributed by atoms with van der Waals surface area (Å²) in [5.41, 5.74) is 4.87. The minimum absolute atomic E-state index is 0.0185. The van der Waals surface area contributed by atoms with Crippen molar-refractivity contribution in [3.63, 3.8) is 0 Å². The van der Waals surface area contributed by atoms with Crippen LogP contribution in [0.2, 0.25) is 0 Å². The van der Waals surface area contributed by atoms with Crippen molar-refractivity contribution in [3.8, 4) is 0 Å². The Morgan fingerprint density at radius 2 is 2.14 bits per heavy atom. The number of hydrogen-bond donors (Lipinski definition) is 1. The number of nitrogens with one attached hydrogen (secondary N) is 1. The summed E-state index contributed by atoms with van der Waals surface area (Å²) in [7, 11) is 1.43. The molecule has 0 aromatic carbocycles. The first-order valence-corrected chi connectivity index (χ1v) is 10.6. The SMILES string of the molecule is COC(=O)CCCN1C(=S)N[C@@H](c2ccccn2)[C@H]1c1cc(C)n(C2CC2)c1C. The van der Waals surface area contributed by atoms with Gasteiger partial charge in [-0.1, -0.05) is 6.07 Å². The standard InChI is InChI=1S/C22H28N4O2S/c1-14-13-17(15(2)26(14)16-9-10-16)21-20(18-7-4-5-11-23-18)24-22(29)25(21)12-6-8-19(27)28-3/h4-5,7,11,13,16,20-21H,6,8-10,12H2,1-3H3,(H,24,29)/t20-,21+/m0/s1. The molecule has 1 aliphatic carbocycles. The van der Waals surface area contributed by atoms with Crippen LogP contribution in [0.15, 0.2) is 30.5 Å². The molecule has 1 saturated carbocycles. The topological polar surface area (TPSA) is 59.4 Å². The molecular formula is C22H28N4O2S. The molecule has 2 fully saturated rings. The van der Waals surface area contributed by atoms with Crippen molar-refractivity contribution in [2.24, 2.45) is 0 Å². The Morgan fingerprint density at radius 3 is 2.79 bits per heavy atom. The Balaban J connectivity index is 1.68. The van der Waals surface area contributed by atoms with Crippen LogP contribution >= 0.6 is 12.2 Å². The van der Waals surface area contributed by atoms with E-state index in [9.17, 15) is 4.79 Å². The summed E-state index contributed by atoms with van der Waals surface area (Å²) >= 11 is 5.71. The van der Waals surface area contributed by atoms with Crippen molar-refractivity contribution >= 4 is 23.3 Å². The van der Waals surface area contributed by atoms with Crippen molar-refractivity contribution in [2.45, 2.75) is 57.7 Å². The van der Waals surface area contributed by atoms with E-state index in [2.05, 4.69) is 39.7 Å². The highest BCUT2D eigenvalue weighted by atomic mass is 32.1. The van der Waals surface area contributed by atoms with E-state index in [4.69, 9.17) is 17.0 Å². The molecule has 2 atom stereocenters. The lowest BCUT2D eigenvalue weighted by Gasteiger charge is -2.28. The van der Waals surface area contributed by atoms with Gasteiger partial charge in [-0.05, 0) is 69.1 Å². The summed E-state index contributed by atoms with van der Waals surface area (Å²) in [5.74, 6) is -0.187. The molecule has 4 rings (SSSR count). The fourth-order valence-electron chi connectivity index (χ4n) is 4.48. The van der Waals surface area contributed by atoms with Crippen molar-refractivity contribution in [1.29, 1.82) is 0 Å². The second kappa shape index (κ2) is 8.14. The highest BCUT2D eigenvalue weighted by molar-refractivity contribution is 7.80. The first-order chi connectivity index (χ1) is 14.0. The molecular weight excluding hydrogens is 384 g/mol. The van der Waals surface area contributed by atoms with Crippen LogP contribution in [0.25, 0.3) is 0 Å². The molecule has 0 spiro atoms. The first kappa shape index (κ1) is 19.9. The maximum Gasteiger partial charge on any atom is 0.305 e. The van der Waals surface area contributed by atoms with E-state index in [1.165, 1.54) is 36.9 Å². The minimum atomic E-state index is -0.187. The van der Waals surface area contributed by atoms with Crippen molar-refractivity contribution in [2.75, 3.05) is 13.7 Å². The quantitative estimate of drug-likeness (QED) is 0.552. The number of esters is 1. The molecule has 0 amide bonds. The van der Waals surface area contributed by atoms with E-state index in [-0.39, 0.29) is 18.1 Å². The second-order valence-corrected chi connectivity index (χ2v) is 8.31. The Labute approximate surface area is 177 Å². The van der Waals surface area contributed by atoms with Crippen LogP contribution in [0.1, 0.15) is 66.5 Å². The number of aryl methyl sites for hydroxylation is 1. The Bertz CT molecular complexity index is 907. The van der Waals surface area contributed by atoms with Gasteiger partial charge in [-0.3, -0.25) is 9.78 Å². The van der Waals surface area contributed by atoms with Crippen molar-refractivity contribution < 1.29 is 9.53 Å². The average molecular weight is 413 g/mol. The number of thiocarbonyl (C=S) groups is 1. The zero-order valence-electron chi connectivity index (χ0n) is 17.2. The number of nitrogens with zero attached hydrogens (tertiary/aromatic N) is 3. The number of aromatic nitrogens is 2. The Hall–Kier alpha value is -2.41. The normalized spacial score (nSPS) is 21.3. The molecule has 2 aromatic rings. The molecule has 7 heteroatoms. The number of carbonyl (C=O) groups excluding carboxylic acids is 1. The van der Waals surface area contributed by atoms with Crippen LogP contribution < -0.4 is 5.32 Å². The summed E-state index contributed by atoms with van der Waals surface area (Å²) in [4.78, 5) is 18.4. The van der Waals surface area contributed by atoms with Crippen molar-refractivity contribution in [3.05, 3.63) is 53.1 Å². The van der Waals surface area contributed by atoms with E-state index >= 15 is 0 Å². The third-order valence-corrected chi connectivity index (χ3v) is 6.31. The highest BCUT2D eigenvalue weighted by Crippen LogP contribution is 2.44. The molecule has 29 heavy (non-hydrogen) atoms. The average Bonchev–Trinajstić information content (AvgIpc) is 3.44. The molecule has 1 saturated heterocycles. The molecule has 1 N–H and O–H groups in total. The van der Waals surface area contributed by atoms with Crippen LogP contribution in [0.5, 0.6) is 0 Å². The number of methoxy groups -OCH3 is 1. The molecule has 3 heterocycles. The zero-order chi connectivity index (χ0) is 20.5. The van der Waals surface area contributed by atoms with Crippen LogP contribution in [0, 0.1) is 13.8 Å². The van der Waals surface area contributed by atoms with Crippen LogP contribution in [0.3, 0.4) is 0 Å². The fraction of sp³-hybridized carbons (Fsp3) is 0.500. The molecule has 2 aromatic heterocycles. The predicted octanol–water partition coefficient (Wildman–Crippen LogP) is 3.76. The van der Waals surface area contributed by atoms with Gasteiger partial charge in [-0.15, -0.1) is 0 Å². The molecule has 154 valence electrons. The fourth-order valence-corrected chi connectivity index (χ4v) is 4.81. The van der Waals surface area contributed by atoms with Gasteiger partial charge in [-0.25, -0.2) is 0 Å². The molecule has 0 bridgehead atoms. The number of pyridine rings is 1. The van der Waals surface area contributed by atoms with Gasteiger partial charge in [0.15, 0.2) is 5.11 Å². The van der Waals surface area contributed by atoms with Gasteiger partial charge >= 0.3 is 5.97 Å². The predicted molar refractivity (Wildman–Crippen MR) is 116 cm³/mol. The smallest absolute Gasteiger partial charge is 0.305 e. The maximum atomic E-state index is 11.6. The Kier molecular flexibility index (Phi) is 5.58. The van der Waals surface area contributed by atoms with E-state index < -0.39 is 0 Å². The molecule has 0 unspecified atom stereocenters. The minimum Gasteiger partial charge on any atom is -0.469 e. The lowest BCUT2D eigenvalue weighted by atomic mass is 9.96. The Morgan fingerprint density at radius 1 is 1.34 bits per heavy atom. The third kappa shape index (κ3) is 3.88. The number of hydrogen-bond acceptors (Lipinski definition) is 4. The maximum absolute atomic E-state index is 11.6. The summed E-state index contributed by atoms with van der Waals surface area (Å²) < 4.78 is 7.27. The van der Waals surface area contributed by atoms with Crippen LogP contribution in [-0.2, 0) is 9.53 Å². The summed E-state index contributed by atoms with van der Waals surface area (Å²) in [6.45, 7) is 5.10. The highest BCUT2D eigenvalue weighted by Gasteiger charge is 2.41. The lowest BCUT2D eigenvalue weighted by molar-refractivity contribution is -0.140. The zero-order valence-corrected chi connectivity index (χ0v) is 18.0. The molecule has 2 aliphatic rings. The van der Waals surface area contributed by atoms with Gasteiger partial charge in [0.25, 0.3) is 0 Å². The summed E-state index contributed by atoms with van der Waals surface area (Å²) in [6, 6.07) is 8.95. The molecule has 0 radical (unpaired) electrons. The first-order valence-electron chi connectivity index (χ1n) is 10.2. The van der Waals surface area contributed by atoms with E-state index in [0.29, 0.717) is 30.5 Å². The van der Waals surface area contributed by atoms with Gasteiger partial charge in [-0.2, -0.15) is 0 Å². The van der Waals surface area contributed by atoms with E-state index in [1.54, 1.807) is 0 Å². The van der Waals surface area contributed by atoms with Gasteiger partial charge in [0.1, 0.15) is 0 Å². The van der Waals surface area contributed by atoms with Gasteiger partial charge < -0.3 is 19.5 Å². The van der Waals surface area contributed by atoms with Gasteiger partial charge in [0.2, 0.25) is 0 Å². The third-order valence-electron chi connectivity index (χ3n) is 5.96. The van der Waals surface area contributed by atoms with Gasteiger partial charge in [0, 0.05) is 36.6 Å².